The van der Waals surface area contributed by atoms with Crippen LogP contribution in [0.25, 0.3) is 0 Å². The zero-order chi connectivity index (χ0) is 14.5. The van der Waals surface area contributed by atoms with Gasteiger partial charge >= 0.3 is 0 Å². The van der Waals surface area contributed by atoms with Crippen LogP contribution in [-0.4, -0.2) is 28.1 Å². The molecule has 0 radical (unpaired) electrons. The minimum atomic E-state index is -0.871. The predicted molar refractivity (Wildman–Crippen MR) is 76.0 cm³/mol. The molecule has 106 valence electrons. The molecule has 0 aliphatic rings. The van der Waals surface area contributed by atoms with Crippen molar-refractivity contribution in [2.24, 2.45) is 5.92 Å². The van der Waals surface area contributed by atoms with Crippen molar-refractivity contribution in [2.75, 3.05) is 6.54 Å². The average molecular weight is 264 g/mol. The average Bonchev–Trinajstić information content (AvgIpc) is 2.34. The molecule has 1 unspecified atom stereocenters. The Morgan fingerprint density at radius 1 is 1.47 bits per heavy atom. The van der Waals surface area contributed by atoms with Crippen LogP contribution >= 0.6 is 0 Å². The molecule has 0 aromatic carbocycles. The summed E-state index contributed by atoms with van der Waals surface area (Å²) in [7, 11) is 0. The molecule has 1 aromatic heterocycles. The van der Waals surface area contributed by atoms with E-state index in [0.29, 0.717) is 18.0 Å². The van der Waals surface area contributed by atoms with Crippen LogP contribution in [0.2, 0.25) is 0 Å². The number of hydrogen-bond acceptors (Lipinski definition) is 3. The van der Waals surface area contributed by atoms with Gasteiger partial charge in [0.2, 0.25) is 0 Å². The zero-order valence-corrected chi connectivity index (χ0v) is 12.2. The van der Waals surface area contributed by atoms with Crippen molar-refractivity contribution in [3.63, 3.8) is 0 Å². The molecule has 0 spiro atoms. The smallest absolute Gasteiger partial charge is 0.269 e. The maximum absolute atomic E-state index is 11.9. The van der Waals surface area contributed by atoms with Gasteiger partial charge in [-0.2, -0.15) is 0 Å². The Balaban J connectivity index is 2.49. The van der Waals surface area contributed by atoms with E-state index in [-0.39, 0.29) is 12.5 Å². The summed E-state index contributed by atoms with van der Waals surface area (Å²) in [5.74, 6) is 0.300. The Morgan fingerprint density at radius 3 is 2.74 bits per heavy atom. The summed E-state index contributed by atoms with van der Waals surface area (Å²) < 4.78 is 0. The van der Waals surface area contributed by atoms with Crippen LogP contribution in [0, 0.1) is 12.8 Å². The van der Waals surface area contributed by atoms with Crippen molar-refractivity contribution < 1.29 is 9.90 Å². The Morgan fingerprint density at radius 2 is 2.16 bits per heavy atom. The second-order valence-electron chi connectivity index (χ2n) is 5.78. The number of aromatic nitrogens is 1. The highest BCUT2D eigenvalue weighted by Gasteiger charge is 2.21. The molecule has 1 heterocycles. The van der Waals surface area contributed by atoms with E-state index in [1.54, 1.807) is 19.1 Å². The summed E-state index contributed by atoms with van der Waals surface area (Å²) in [5.41, 5.74) is 0.322. The lowest BCUT2D eigenvalue weighted by atomic mass is 9.95. The summed E-state index contributed by atoms with van der Waals surface area (Å²) in [4.78, 5) is 16.1. The lowest BCUT2D eigenvalue weighted by molar-refractivity contribution is 0.0428. The molecule has 0 saturated carbocycles. The van der Waals surface area contributed by atoms with Gasteiger partial charge in [0.1, 0.15) is 5.69 Å². The van der Waals surface area contributed by atoms with Gasteiger partial charge in [-0.3, -0.25) is 4.79 Å². The first-order chi connectivity index (χ1) is 8.80. The van der Waals surface area contributed by atoms with Crippen LogP contribution in [0.3, 0.4) is 0 Å². The fourth-order valence-electron chi connectivity index (χ4n) is 1.72. The highest BCUT2D eigenvalue weighted by molar-refractivity contribution is 5.92. The van der Waals surface area contributed by atoms with Crippen molar-refractivity contribution in [1.82, 2.24) is 10.3 Å². The molecule has 0 aliphatic heterocycles. The molecule has 0 fully saturated rings. The molecule has 0 aliphatic carbocycles. The second kappa shape index (κ2) is 6.66. The van der Waals surface area contributed by atoms with Crippen LogP contribution in [-0.2, 0) is 0 Å². The number of carbonyl (C=O) groups excluding carboxylic acids is 1. The molecule has 0 saturated heterocycles. The minimum absolute atomic E-state index is 0.242. The van der Waals surface area contributed by atoms with Crippen LogP contribution < -0.4 is 5.32 Å². The molecule has 0 bridgehead atoms. The van der Waals surface area contributed by atoms with Crippen LogP contribution in [0.5, 0.6) is 0 Å². The van der Waals surface area contributed by atoms with Gasteiger partial charge in [0.25, 0.3) is 5.91 Å². The number of rotatable bonds is 6. The Labute approximate surface area is 115 Å². The van der Waals surface area contributed by atoms with Gasteiger partial charge in [0.05, 0.1) is 5.60 Å². The molecule has 4 heteroatoms. The van der Waals surface area contributed by atoms with Crippen molar-refractivity contribution in [3.8, 4) is 0 Å². The second-order valence-corrected chi connectivity index (χ2v) is 5.78. The molecule has 1 rings (SSSR count). The van der Waals surface area contributed by atoms with Gasteiger partial charge in [-0.15, -0.1) is 0 Å². The van der Waals surface area contributed by atoms with Crippen LogP contribution in [0.1, 0.15) is 49.8 Å². The number of pyridine rings is 1. The summed E-state index contributed by atoms with van der Waals surface area (Å²) in [5, 5.41) is 12.9. The first-order valence-electron chi connectivity index (χ1n) is 6.74. The predicted octanol–water partition coefficient (Wildman–Crippen LogP) is 2.31. The van der Waals surface area contributed by atoms with Gasteiger partial charge in [-0.25, -0.2) is 4.98 Å². The van der Waals surface area contributed by atoms with Crippen molar-refractivity contribution in [1.29, 1.82) is 0 Å². The highest BCUT2D eigenvalue weighted by Crippen LogP contribution is 2.15. The summed E-state index contributed by atoms with van der Waals surface area (Å²) in [6, 6.07) is 5.31. The first kappa shape index (κ1) is 15.6. The summed E-state index contributed by atoms with van der Waals surface area (Å²) in [6.45, 7) is 8.07. The zero-order valence-electron chi connectivity index (χ0n) is 12.2. The SMILES string of the molecule is Cc1cccc(C(=O)NCC(C)(O)CCC(C)C)n1. The van der Waals surface area contributed by atoms with Gasteiger partial charge in [0.15, 0.2) is 0 Å². The number of nitrogens with one attached hydrogen (secondary N) is 1. The third kappa shape index (κ3) is 5.83. The number of nitrogens with zero attached hydrogens (tertiary/aromatic N) is 1. The van der Waals surface area contributed by atoms with Gasteiger partial charge in [-0.05, 0) is 44.7 Å². The van der Waals surface area contributed by atoms with E-state index in [9.17, 15) is 9.90 Å². The fraction of sp³-hybridized carbons (Fsp3) is 0.600. The molecule has 19 heavy (non-hydrogen) atoms. The lowest BCUT2D eigenvalue weighted by Gasteiger charge is -2.24. The van der Waals surface area contributed by atoms with E-state index >= 15 is 0 Å². The van der Waals surface area contributed by atoms with Gasteiger partial charge < -0.3 is 10.4 Å². The first-order valence-corrected chi connectivity index (χ1v) is 6.74. The Hall–Kier alpha value is -1.42. The number of aliphatic hydroxyl groups is 1. The van der Waals surface area contributed by atoms with E-state index in [1.165, 1.54) is 0 Å². The molecule has 1 atom stereocenters. The number of carbonyl (C=O) groups is 1. The van der Waals surface area contributed by atoms with Crippen molar-refractivity contribution >= 4 is 5.91 Å². The van der Waals surface area contributed by atoms with Gasteiger partial charge in [-0.1, -0.05) is 19.9 Å². The van der Waals surface area contributed by atoms with Gasteiger partial charge in [0, 0.05) is 12.2 Å². The van der Waals surface area contributed by atoms with Crippen LogP contribution in [0.4, 0.5) is 0 Å². The van der Waals surface area contributed by atoms with Crippen LogP contribution in [0.15, 0.2) is 18.2 Å². The molecule has 2 N–H and O–H groups in total. The number of amides is 1. The summed E-state index contributed by atoms with van der Waals surface area (Å²) >= 11 is 0. The maximum atomic E-state index is 11.9. The number of aryl methyl sites for hydroxylation is 1. The highest BCUT2D eigenvalue weighted by atomic mass is 16.3. The van der Waals surface area contributed by atoms with E-state index in [1.807, 2.05) is 13.0 Å². The number of hydrogen-bond donors (Lipinski definition) is 2. The molecule has 1 aromatic rings. The Bertz CT molecular complexity index is 428. The standard InChI is InChI=1S/C15H24N2O2/c1-11(2)8-9-15(4,19)10-16-14(18)13-7-5-6-12(3)17-13/h5-7,11,19H,8-10H2,1-4H3,(H,16,18). The van der Waals surface area contributed by atoms with Crippen molar-refractivity contribution in [3.05, 3.63) is 29.6 Å². The van der Waals surface area contributed by atoms with Crippen molar-refractivity contribution in [2.45, 2.75) is 46.1 Å². The van der Waals surface area contributed by atoms with E-state index in [0.717, 1.165) is 12.1 Å². The van der Waals surface area contributed by atoms with E-state index < -0.39 is 5.60 Å². The maximum Gasteiger partial charge on any atom is 0.269 e. The topological polar surface area (TPSA) is 62.2 Å². The minimum Gasteiger partial charge on any atom is -0.388 e. The summed E-state index contributed by atoms with van der Waals surface area (Å²) in [6.07, 6.45) is 1.61. The Kier molecular flexibility index (Phi) is 5.48. The quantitative estimate of drug-likeness (QED) is 0.828. The third-order valence-corrected chi connectivity index (χ3v) is 3.01. The lowest BCUT2D eigenvalue weighted by Crippen LogP contribution is -2.41. The molecular weight excluding hydrogens is 240 g/mol. The monoisotopic (exact) mass is 264 g/mol. The third-order valence-electron chi connectivity index (χ3n) is 3.01. The van der Waals surface area contributed by atoms with E-state index in [4.69, 9.17) is 0 Å². The van der Waals surface area contributed by atoms with E-state index in [2.05, 4.69) is 24.1 Å². The molecule has 1 amide bonds. The normalized spacial score (nSPS) is 14.2. The largest absolute Gasteiger partial charge is 0.388 e. The molecular formula is C15H24N2O2. The molecule has 4 nitrogen and oxygen atoms in total. The fourth-order valence-corrected chi connectivity index (χ4v) is 1.72.